The Bertz CT molecular complexity index is 79.6. The van der Waals surface area contributed by atoms with E-state index < -0.39 is 0 Å². The van der Waals surface area contributed by atoms with Gasteiger partial charge in [0.15, 0.2) is 0 Å². The van der Waals surface area contributed by atoms with Gasteiger partial charge in [0.1, 0.15) is 0 Å². The van der Waals surface area contributed by atoms with E-state index in [1.807, 2.05) is 0 Å². The van der Waals surface area contributed by atoms with E-state index in [-0.39, 0.29) is 0 Å². The van der Waals surface area contributed by atoms with Crippen LogP contribution in [0.4, 0.5) is 0 Å². The van der Waals surface area contributed by atoms with Crippen molar-refractivity contribution in [2.24, 2.45) is 5.73 Å². The van der Waals surface area contributed by atoms with Crippen LogP contribution in [0.5, 0.6) is 0 Å². The standard InChI is InChI=1S/C9H22N2/c1-4-9(10)7-8-11(5-2)6-3/h9H,4-8,10H2,1-3H3. The van der Waals surface area contributed by atoms with Crippen LogP contribution in [0.15, 0.2) is 0 Å². The van der Waals surface area contributed by atoms with Crippen molar-refractivity contribution in [2.45, 2.75) is 39.7 Å². The zero-order chi connectivity index (χ0) is 8.69. The Morgan fingerprint density at radius 1 is 1.18 bits per heavy atom. The molecule has 2 nitrogen and oxygen atoms in total. The minimum absolute atomic E-state index is 0.399. The molecule has 0 rings (SSSR count). The van der Waals surface area contributed by atoms with Gasteiger partial charge in [-0.2, -0.15) is 0 Å². The number of nitrogens with zero attached hydrogens (tertiary/aromatic N) is 1. The van der Waals surface area contributed by atoms with Crippen molar-refractivity contribution in [1.82, 2.24) is 4.90 Å². The van der Waals surface area contributed by atoms with E-state index >= 15 is 0 Å². The molecule has 68 valence electrons. The lowest BCUT2D eigenvalue weighted by Gasteiger charge is -2.19. The Labute approximate surface area is 70.8 Å². The molecule has 2 N–H and O–H groups in total. The number of hydrogen-bond acceptors (Lipinski definition) is 2. The van der Waals surface area contributed by atoms with Gasteiger partial charge in [-0.05, 0) is 32.5 Å². The largest absolute Gasteiger partial charge is 0.328 e. The highest BCUT2D eigenvalue weighted by molar-refractivity contribution is 4.61. The normalized spacial score (nSPS) is 13.9. The molecule has 1 unspecified atom stereocenters. The van der Waals surface area contributed by atoms with Crippen LogP contribution >= 0.6 is 0 Å². The molecule has 1 atom stereocenters. The quantitative estimate of drug-likeness (QED) is 0.634. The lowest BCUT2D eigenvalue weighted by molar-refractivity contribution is 0.289. The van der Waals surface area contributed by atoms with Gasteiger partial charge in [0.05, 0.1) is 0 Å². The molecule has 0 bridgehead atoms. The van der Waals surface area contributed by atoms with Gasteiger partial charge in [-0.15, -0.1) is 0 Å². The molecule has 0 amide bonds. The Kier molecular flexibility index (Phi) is 6.57. The summed E-state index contributed by atoms with van der Waals surface area (Å²) in [4.78, 5) is 2.41. The average molecular weight is 158 g/mol. The first kappa shape index (κ1) is 10.9. The maximum absolute atomic E-state index is 5.80. The van der Waals surface area contributed by atoms with Crippen molar-refractivity contribution in [2.75, 3.05) is 19.6 Å². The summed E-state index contributed by atoms with van der Waals surface area (Å²) in [7, 11) is 0. The minimum atomic E-state index is 0.399. The summed E-state index contributed by atoms with van der Waals surface area (Å²) in [6.45, 7) is 9.98. The molecule has 0 fully saturated rings. The summed E-state index contributed by atoms with van der Waals surface area (Å²) >= 11 is 0. The van der Waals surface area contributed by atoms with Gasteiger partial charge in [0, 0.05) is 6.04 Å². The molecular formula is C9H22N2. The van der Waals surface area contributed by atoms with E-state index in [1.165, 1.54) is 0 Å². The minimum Gasteiger partial charge on any atom is -0.328 e. The van der Waals surface area contributed by atoms with Crippen LogP contribution in [0.3, 0.4) is 0 Å². The van der Waals surface area contributed by atoms with Crippen LogP contribution in [0.2, 0.25) is 0 Å². The van der Waals surface area contributed by atoms with Crippen LogP contribution in [0.1, 0.15) is 33.6 Å². The summed E-state index contributed by atoms with van der Waals surface area (Å²) in [5, 5.41) is 0. The predicted molar refractivity (Wildman–Crippen MR) is 50.7 cm³/mol. The molecule has 0 aromatic heterocycles. The Hall–Kier alpha value is -0.0800. The zero-order valence-electron chi connectivity index (χ0n) is 8.14. The summed E-state index contributed by atoms with van der Waals surface area (Å²) < 4.78 is 0. The summed E-state index contributed by atoms with van der Waals surface area (Å²) in [5.41, 5.74) is 5.80. The van der Waals surface area contributed by atoms with E-state index in [2.05, 4.69) is 25.7 Å². The monoisotopic (exact) mass is 158 g/mol. The van der Waals surface area contributed by atoms with Crippen molar-refractivity contribution in [1.29, 1.82) is 0 Å². The van der Waals surface area contributed by atoms with E-state index in [4.69, 9.17) is 5.73 Å². The molecule has 0 aromatic rings. The maximum atomic E-state index is 5.80. The molecule has 0 spiro atoms. The molecule has 0 heterocycles. The lowest BCUT2D eigenvalue weighted by atomic mass is 10.1. The van der Waals surface area contributed by atoms with Gasteiger partial charge in [0.25, 0.3) is 0 Å². The predicted octanol–water partition coefficient (Wildman–Crippen LogP) is 1.46. The molecule has 0 saturated carbocycles. The van der Waals surface area contributed by atoms with Crippen LogP contribution in [0, 0.1) is 0 Å². The first-order chi connectivity index (χ1) is 5.24. The second-order valence-corrected chi connectivity index (χ2v) is 2.98. The van der Waals surface area contributed by atoms with Crippen LogP contribution in [-0.4, -0.2) is 30.6 Å². The van der Waals surface area contributed by atoms with E-state index in [0.717, 1.165) is 32.5 Å². The summed E-state index contributed by atoms with van der Waals surface area (Å²) in [6.07, 6.45) is 2.24. The smallest absolute Gasteiger partial charge is 0.00483 e. The molecular weight excluding hydrogens is 136 g/mol. The number of rotatable bonds is 6. The van der Waals surface area contributed by atoms with Gasteiger partial charge in [-0.3, -0.25) is 0 Å². The fourth-order valence-electron chi connectivity index (χ4n) is 1.09. The topological polar surface area (TPSA) is 29.3 Å². The van der Waals surface area contributed by atoms with Crippen LogP contribution < -0.4 is 5.73 Å². The molecule has 0 aromatic carbocycles. The highest BCUT2D eigenvalue weighted by Gasteiger charge is 2.02. The number of nitrogens with two attached hydrogens (primary N) is 1. The lowest BCUT2D eigenvalue weighted by Crippen LogP contribution is -2.29. The molecule has 0 saturated heterocycles. The first-order valence-electron chi connectivity index (χ1n) is 4.72. The second kappa shape index (κ2) is 6.62. The Morgan fingerprint density at radius 3 is 2.09 bits per heavy atom. The van der Waals surface area contributed by atoms with Crippen LogP contribution in [-0.2, 0) is 0 Å². The fraction of sp³-hybridized carbons (Fsp3) is 1.00. The third-order valence-electron chi connectivity index (χ3n) is 2.23. The molecule has 0 radical (unpaired) electrons. The number of hydrogen-bond donors (Lipinski definition) is 1. The second-order valence-electron chi connectivity index (χ2n) is 2.98. The molecule has 0 aliphatic carbocycles. The fourth-order valence-corrected chi connectivity index (χ4v) is 1.09. The Balaban J connectivity index is 3.34. The van der Waals surface area contributed by atoms with E-state index in [9.17, 15) is 0 Å². The van der Waals surface area contributed by atoms with Crippen molar-refractivity contribution >= 4 is 0 Å². The first-order valence-corrected chi connectivity index (χ1v) is 4.72. The van der Waals surface area contributed by atoms with Gasteiger partial charge < -0.3 is 10.6 Å². The van der Waals surface area contributed by atoms with Crippen LogP contribution in [0.25, 0.3) is 0 Å². The van der Waals surface area contributed by atoms with Gasteiger partial charge in [0.2, 0.25) is 0 Å². The molecule has 0 aliphatic rings. The summed E-state index contributed by atoms with van der Waals surface area (Å²) in [6, 6.07) is 0.399. The third kappa shape index (κ3) is 5.22. The molecule has 0 aliphatic heterocycles. The van der Waals surface area contributed by atoms with E-state index in [0.29, 0.717) is 6.04 Å². The van der Waals surface area contributed by atoms with Crippen molar-refractivity contribution in [3.63, 3.8) is 0 Å². The van der Waals surface area contributed by atoms with Gasteiger partial charge in [-0.1, -0.05) is 20.8 Å². The SMILES string of the molecule is CCC(N)CCN(CC)CC. The third-order valence-corrected chi connectivity index (χ3v) is 2.23. The highest BCUT2D eigenvalue weighted by Crippen LogP contribution is 1.96. The van der Waals surface area contributed by atoms with Crippen molar-refractivity contribution < 1.29 is 0 Å². The van der Waals surface area contributed by atoms with Gasteiger partial charge >= 0.3 is 0 Å². The highest BCUT2D eigenvalue weighted by atomic mass is 15.1. The molecule has 2 heteroatoms. The Morgan fingerprint density at radius 2 is 1.73 bits per heavy atom. The average Bonchev–Trinajstić information content (AvgIpc) is 2.06. The van der Waals surface area contributed by atoms with E-state index in [1.54, 1.807) is 0 Å². The van der Waals surface area contributed by atoms with Crippen molar-refractivity contribution in [3.8, 4) is 0 Å². The summed E-state index contributed by atoms with van der Waals surface area (Å²) in [5.74, 6) is 0. The molecule has 11 heavy (non-hydrogen) atoms. The van der Waals surface area contributed by atoms with Gasteiger partial charge in [-0.25, -0.2) is 0 Å². The maximum Gasteiger partial charge on any atom is 0.00483 e. The van der Waals surface area contributed by atoms with Crippen molar-refractivity contribution in [3.05, 3.63) is 0 Å². The zero-order valence-corrected chi connectivity index (χ0v) is 8.14.